The van der Waals surface area contributed by atoms with E-state index in [1.54, 1.807) is 4.90 Å². The number of nitrogens with zero attached hydrogens (tertiary/aromatic N) is 1. The van der Waals surface area contributed by atoms with Crippen LogP contribution >= 0.6 is 0 Å². The Morgan fingerprint density at radius 3 is 2.67 bits per heavy atom. The zero-order valence-corrected chi connectivity index (χ0v) is 6.81. The summed E-state index contributed by atoms with van der Waals surface area (Å²) in [5.41, 5.74) is 0. The van der Waals surface area contributed by atoms with Crippen molar-refractivity contribution < 1.29 is 15.0 Å². The second-order valence-electron chi connectivity index (χ2n) is 3.54. The molecule has 0 bridgehead atoms. The average Bonchev–Trinajstić information content (AvgIpc) is 2.67. The highest BCUT2D eigenvalue weighted by Crippen LogP contribution is 2.51. The molecule has 3 unspecified atom stereocenters. The van der Waals surface area contributed by atoms with Gasteiger partial charge in [-0.25, -0.2) is 0 Å². The lowest BCUT2D eigenvalue weighted by molar-refractivity contribution is -0.131. The summed E-state index contributed by atoms with van der Waals surface area (Å²) in [7, 11) is 0. The van der Waals surface area contributed by atoms with Crippen molar-refractivity contribution >= 4 is 5.91 Å². The summed E-state index contributed by atoms with van der Waals surface area (Å²) in [5.74, 6) is 0.774. The van der Waals surface area contributed by atoms with Gasteiger partial charge in [0, 0.05) is 25.6 Å². The maximum Gasteiger partial charge on any atom is 0.226 e. The highest BCUT2D eigenvalue weighted by Gasteiger charge is 2.60. The third-order valence-electron chi connectivity index (χ3n) is 2.94. The molecule has 2 aliphatic rings. The fraction of sp³-hybridized carbons (Fsp3) is 0.875. The largest absolute Gasteiger partial charge is 0.396 e. The molecule has 2 fully saturated rings. The Kier molecular flexibility index (Phi) is 1.81. The quantitative estimate of drug-likeness (QED) is 0.553. The van der Waals surface area contributed by atoms with Gasteiger partial charge in [0.05, 0.1) is 6.61 Å². The smallest absolute Gasteiger partial charge is 0.226 e. The van der Waals surface area contributed by atoms with Crippen molar-refractivity contribution in [1.82, 2.24) is 4.90 Å². The van der Waals surface area contributed by atoms with E-state index < -0.39 is 0 Å². The first kappa shape index (κ1) is 8.01. The van der Waals surface area contributed by atoms with Crippen molar-refractivity contribution in [2.24, 2.45) is 17.8 Å². The number of aliphatic hydroxyl groups excluding tert-OH is 2. The van der Waals surface area contributed by atoms with Crippen LogP contribution in [-0.2, 0) is 4.79 Å². The van der Waals surface area contributed by atoms with Crippen LogP contribution in [-0.4, -0.2) is 47.3 Å². The number of carbonyl (C=O) groups is 1. The molecule has 0 radical (unpaired) electrons. The number of amides is 1. The van der Waals surface area contributed by atoms with E-state index >= 15 is 0 Å². The second kappa shape index (κ2) is 2.71. The lowest BCUT2D eigenvalue weighted by Gasteiger charge is -2.17. The minimum atomic E-state index is 0.0367. The topological polar surface area (TPSA) is 60.8 Å². The maximum atomic E-state index is 11.4. The molecule has 3 atom stereocenters. The van der Waals surface area contributed by atoms with Crippen molar-refractivity contribution in [3.8, 4) is 0 Å². The third-order valence-corrected chi connectivity index (χ3v) is 2.94. The monoisotopic (exact) mass is 171 g/mol. The van der Waals surface area contributed by atoms with Crippen LogP contribution in [0.2, 0.25) is 0 Å². The van der Waals surface area contributed by atoms with Crippen LogP contribution in [0.15, 0.2) is 0 Å². The third kappa shape index (κ3) is 0.949. The molecule has 68 valence electrons. The fourth-order valence-electron chi connectivity index (χ4n) is 2.19. The number of rotatable bonds is 3. The maximum absolute atomic E-state index is 11.4. The first-order chi connectivity index (χ1) is 5.79. The molecule has 2 N–H and O–H groups in total. The fourth-order valence-corrected chi connectivity index (χ4v) is 2.19. The predicted octanol–water partition coefficient (Wildman–Crippen LogP) is -1.32. The molecule has 0 aromatic rings. The number of piperidine rings is 1. The van der Waals surface area contributed by atoms with Gasteiger partial charge >= 0.3 is 0 Å². The Balaban J connectivity index is 1.92. The molecule has 4 nitrogen and oxygen atoms in total. The number of hydrogen-bond acceptors (Lipinski definition) is 3. The van der Waals surface area contributed by atoms with Gasteiger partial charge in [-0.2, -0.15) is 0 Å². The molecule has 1 saturated heterocycles. The van der Waals surface area contributed by atoms with Crippen molar-refractivity contribution in [1.29, 1.82) is 0 Å². The minimum Gasteiger partial charge on any atom is -0.396 e. The number of fused-ring (bicyclic) bond motifs is 1. The molecule has 0 aromatic heterocycles. The van der Waals surface area contributed by atoms with Gasteiger partial charge in [0.1, 0.15) is 0 Å². The van der Waals surface area contributed by atoms with Crippen LogP contribution in [0.25, 0.3) is 0 Å². The molecule has 1 saturated carbocycles. The van der Waals surface area contributed by atoms with Gasteiger partial charge in [0.25, 0.3) is 0 Å². The highest BCUT2D eigenvalue weighted by atomic mass is 16.3. The molecule has 0 spiro atoms. The number of carbonyl (C=O) groups excluding carboxylic acids is 1. The number of aliphatic hydroxyl groups is 2. The first-order valence-electron chi connectivity index (χ1n) is 4.30. The van der Waals surface area contributed by atoms with Crippen LogP contribution in [0.1, 0.15) is 0 Å². The standard InChI is InChI=1S/C8H13NO3/c10-2-1-9-3-5-6(4-11)7(5)8(9)12/h5-7,10-11H,1-4H2. The SMILES string of the molecule is O=C1C2C(CO)C2CN1CCO. The second-order valence-corrected chi connectivity index (χ2v) is 3.54. The Labute approximate surface area is 70.8 Å². The number of likely N-dealkylation sites (tertiary alicyclic amines) is 1. The van der Waals surface area contributed by atoms with Crippen molar-refractivity contribution in [3.63, 3.8) is 0 Å². The van der Waals surface area contributed by atoms with E-state index in [9.17, 15) is 4.79 Å². The van der Waals surface area contributed by atoms with Crippen LogP contribution in [0.4, 0.5) is 0 Å². The van der Waals surface area contributed by atoms with Crippen LogP contribution < -0.4 is 0 Å². The molecule has 1 heterocycles. The van der Waals surface area contributed by atoms with E-state index in [0.717, 1.165) is 6.54 Å². The summed E-state index contributed by atoms with van der Waals surface area (Å²) >= 11 is 0. The Bertz CT molecular complexity index is 202. The summed E-state index contributed by atoms with van der Waals surface area (Å²) in [4.78, 5) is 13.1. The van der Waals surface area contributed by atoms with E-state index in [0.29, 0.717) is 12.5 Å². The molecule has 2 rings (SSSR count). The van der Waals surface area contributed by atoms with Gasteiger partial charge in [0.2, 0.25) is 5.91 Å². The van der Waals surface area contributed by atoms with Crippen molar-refractivity contribution in [2.75, 3.05) is 26.3 Å². The lowest BCUT2D eigenvalue weighted by atomic mass is 10.3. The molecular formula is C8H13NO3. The summed E-state index contributed by atoms with van der Waals surface area (Å²) in [5, 5.41) is 17.5. The van der Waals surface area contributed by atoms with Gasteiger partial charge in [-0.1, -0.05) is 0 Å². The molecule has 4 heteroatoms. The van der Waals surface area contributed by atoms with Gasteiger partial charge in [-0.05, 0) is 11.8 Å². The van der Waals surface area contributed by atoms with Gasteiger partial charge < -0.3 is 15.1 Å². The van der Waals surface area contributed by atoms with Gasteiger partial charge in [0.15, 0.2) is 0 Å². The van der Waals surface area contributed by atoms with Crippen LogP contribution in [0.3, 0.4) is 0 Å². The summed E-state index contributed by atoms with van der Waals surface area (Å²) in [6.45, 7) is 1.35. The van der Waals surface area contributed by atoms with E-state index in [2.05, 4.69) is 0 Å². The predicted molar refractivity (Wildman–Crippen MR) is 41.2 cm³/mol. The Hall–Kier alpha value is -0.610. The Morgan fingerprint density at radius 1 is 1.50 bits per heavy atom. The molecular weight excluding hydrogens is 158 g/mol. The van der Waals surface area contributed by atoms with Gasteiger partial charge in [-0.15, -0.1) is 0 Å². The summed E-state index contributed by atoms with van der Waals surface area (Å²) in [6.07, 6.45) is 0. The zero-order chi connectivity index (χ0) is 8.72. The van der Waals surface area contributed by atoms with Crippen LogP contribution in [0.5, 0.6) is 0 Å². The van der Waals surface area contributed by atoms with Gasteiger partial charge in [-0.3, -0.25) is 4.79 Å². The summed E-state index contributed by atoms with van der Waals surface area (Å²) in [6, 6.07) is 0. The zero-order valence-electron chi connectivity index (χ0n) is 6.81. The number of hydrogen-bond donors (Lipinski definition) is 2. The van der Waals surface area contributed by atoms with E-state index in [1.165, 1.54) is 0 Å². The molecule has 1 aliphatic heterocycles. The van der Waals surface area contributed by atoms with E-state index in [1.807, 2.05) is 0 Å². The highest BCUT2D eigenvalue weighted by molar-refractivity contribution is 5.85. The van der Waals surface area contributed by atoms with Crippen molar-refractivity contribution in [2.45, 2.75) is 0 Å². The van der Waals surface area contributed by atoms with Crippen LogP contribution in [0, 0.1) is 17.8 Å². The average molecular weight is 171 g/mol. The number of β-amino-alcohol motifs (C(OH)–C–C–N with tert-alkyl or cyclic N) is 1. The Morgan fingerprint density at radius 2 is 2.25 bits per heavy atom. The molecule has 1 aliphatic carbocycles. The van der Waals surface area contributed by atoms with E-state index in [-0.39, 0.29) is 31.0 Å². The molecule has 0 aromatic carbocycles. The molecule has 12 heavy (non-hydrogen) atoms. The first-order valence-corrected chi connectivity index (χ1v) is 4.30. The minimum absolute atomic E-state index is 0.0367. The normalized spacial score (nSPS) is 38.7. The lowest BCUT2D eigenvalue weighted by Crippen LogP contribution is -2.32. The summed E-state index contributed by atoms with van der Waals surface area (Å²) < 4.78 is 0. The van der Waals surface area contributed by atoms with Crippen molar-refractivity contribution in [3.05, 3.63) is 0 Å². The van der Waals surface area contributed by atoms with E-state index in [4.69, 9.17) is 10.2 Å². The molecule has 1 amide bonds.